The van der Waals surface area contributed by atoms with Gasteiger partial charge in [-0.05, 0) is 6.07 Å². The number of anilines is 1. The number of amides is 1. The molecule has 1 aliphatic rings. The fraction of sp³-hybridized carbons (Fsp3) is 0.316. The Morgan fingerprint density at radius 2 is 2.15 bits per heavy atom. The van der Waals surface area contributed by atoms with E-state index in [9.17, 15) is 4.79 Å². The van der Waals surface area contributed by atoms with Gasteiger partial charge in [0.1, 0.15) is 6.10 Å². The SMILES string of the molecule is CN(C)c1cncc(O[C@H]2CCN(C(=O)c3c[nH]c4ccccc34)C2)n1. The van der Waals surface area contributed by atoms with Crippen molar-refractivity contribution in [2.45, 2.75) is 12.5 Å². The minimum atomic E-state index is -0.0733. The highest BCUT2D eigenvalue weighted by Gasteiger charge is 2.29. The standard InChI is InChI=1S/C19H21N5O2/c1-23(2)17-10-20-11-18(22-17)26-13-7-8-24(12-13)19(25)15-9-21-16-6-4-3-5-14(15)16/h3-6,9-11,13,21H,7-8,12H2,1-2H3/t13-/m0/s1. The highest BCUT2D eigenvalue weighted by atomic mass is 16.5. The maximum atomic E-state index is 12.9. The van der Waals surface area contributed by atoms with Gasteiger partial charge in [0.15, 0.2) is 5.82 Å². The van der Waals surface area contributed by atoms with Crippen LogP contribution in [0, 0.1) is 0 Å². The van der Waals surface area contributed by atoms with Crippen LogP contribution in [0.1, 0.15) is 16.8 Å². The van der Waals surface area contributed by atoms with Gasteiger partial charge in [0.2, 0.25) is 5.88 Å². The topological polar surface area (TPSA) is 74.3 Å². The van der Waals surface area contributed by atoms with E-state index < -0.39 is 0 Å². The van der Waals surface area contributed by atoms with Gasteiger partial charge in [-0.25, -0.2) is 0 Å². The van der Waals surface area contributed by atoms with Crippen LogP contribution in [0.5, 0.6) is 5.88 Å². The van der Waals surface area contributed by atoms with Gasteiger partial charge in [-0.15, -0.1) is 0 Å². The number of hydrogen-bond acceptors (Lipinski definition) is 5. The van der Waals surface area contributed by atoms with Crippen molar-refractivity contribution in [3.8, 4) is 5.88 Å². The van der Waals surface area contributed by atoms with Gasteiger partial charge in [-0.1, -0.05) is 18.2 Å². The predicted molar refractivity (Wildman–Crippen MR) is 99.6 cm³/mol. The largest absolute Gasteiger partial charge is 0.471 e. The molecule has 0 unspecified atom stereocenters. The average molecular weight is 351 g/mol. The number of para-hydroxylation sites is 1. The van der Waals surface area contributed by atoms with E-state index in [2.05, 4.69) is 15.0 Å². The van der Waals surface area contributed by atoms with Crippen molar-refractivity contribution in [2.75, 3.05) is 32.1 Å². The van der Waals surface area contributed by atoms with E-state index in [-0.39, 0.29) is 12.0 Å². The van der Waals surface area contributed by atoms with Crippen LogP contribution < -0.4 is 9.64 Å². The van der Waals surface area contributed by atoms with Crippen molar-refractivity contribution in [3.05, 3.63) is 48.4 Å². The zero-order valence-electron chi connectivity index (χ0n) is 14.8. The number of aromatic amines is 1. The molecular weight excluding hydrogens is 330 g/mol. The van der Waals surface area contributed by atoms with Crippen LogP contribution in [-0.4, -0.2) is 59.0 Å². The summed E-state index contributed by atoms with van der Waals surface area (Å²) in [5.41, 5.74) is 1.68. The van der Waals surface area contributed by atoms with Crippen molar-refractivity contribution in [1.29, 1.82) is 0 Å². The number of nitrogens with zero attached hydrogens (tertiary/aromatic N) is 4. The maximum Gasteiger partial charge on any atom is 0.256 e. The third-order valence-corrected chi connectivity index (χ3v) is 4.60. The second kappa shape index (κ2) is 6.67. The van der Waals surface area contributed by atoms with Crippen LogP contribution in [0.25, 0.3) is 10.9 Å². The summed E-state index contributed by atoms with van der Waals surface area (Å²) in [5, 5.41) is 0.950. The highest BCUT2D eigenvalue weighted by Crippen LogP contribution is 2.23. The molecule has 0 saturated carbocycles. The molecule has 7 heteroatoms. The molecule has 1 N–H and O–H groups in total. The van der Waals surface area contributed by atoms with Gasteiger partial charge in [0, 0.05) is 44.2 Å². The second-order valence-electron chi connectivity index (χ2n) is 6.64. The maximum absolute atomic E-state index is 12.9. The van der Waals surface area contributed by atoms with Crippen molar-refractivity contribution in [2.24, 2.45) is 0 Å². The Hall–Kier alpha value is -3.09. The van der Waals surface area contributed by atoms with Crippen molar-refractivity contribution < 1.29 is 9.53 Å². The first-order chi connectivity index (χ1) is 12.6. The Kier molecular flexibility index (Phi) is 4.20. The number of nitrogens with one attached hydrogen (secondary N) is 1. The fourth-order valence-corrected chi connectivity index (χ4v) is 3.21. The Labute approximate surface area is 151 Å². The molecule has 1 aromatic carbocycles. The van der Waals surface area contributed by atoms with Crippen LogP contribution >= 0.6 is 0 Å². The zero-order valence-corrected chi connectivity index (χ0v) is 14.8. The van der Waals surface area contributed by atoms with Crippen molar-refractivity contribution in [3.63, 3.8) is 0 Å². The molecule has 1 atom stereocenters. The summed E-state index contributed by atoms with van der Waals surface area (Å²) in [6.07, 6.45) is 5.79. The van der Waals surface area contributed by atoms with E-state index >= 15 is 0 Å². The number of carbonyl (C=O) groups excluding carboxylic acids is 1. The lowest BCUT2D eigenvalue weighted by molar-refractivity contribution is 0.0773. The molecule has 134 valence electrons. The number of hydrogen-bond donors (Lipinski definition) is 1. The van der Waals surface area contributed by atoms with E-state index in [4.69, 9.17) is 4.74 Å². The number of rotatable bonds is 4. The van der Waals surface area contributed by atoms with Crippen LogP contribution in [0.15, 0.2) is 42.9 Å². The molecular formula is C19H21N5O2. The van der Waals surface area contributed by atoms with Crippen molar-refractivity contribution in [1.82, 2.24) is 19.9 Å². The number of likely N-dealkylation sites (tertiary alicyclic amines) is 1. The highest BCUT2D eigenvalue weighted by molar-refractivity contribution is 6.06. The summed E-state index contributed by atoms with van der Waals surface area (Å²) in [5.74, 6) is 1.26. The summed E-state index contributed by atoms with van der Waals surface area (Å²) >= 11 is 0. The van der Waals surface area contributed by atoms with Crippen LogP contribution in [0.2, 0.25) is 0 Å². The number of fused-ring (bicyclic) bond motifs is 1. The molecule has 2 aromatic heterocycles. The molecule has 0 aliphatic carbocycles. The number of H-pyrrole nitrogens is 1. The van der Waals surface area contributed by atoms with Gasteiger partial charge >= 0.3 is 0 Å². The molecule has 26 heavy (non-hydrogen) atoms. The molecule has 1 saturated heterocycles. The first kappa shape index (κ1) is 16.4. The van der Waals surface area contributed by atoms with Crippen LogP contribution in [-0.2, 0) is 0 Å². The third-order valence-electron chi connectivity index (χ3n) is 4.60. The van der Waals surface area contributed by atoms with Gasteiger partial charge in [-0.2, -0.15) is 4.98 Å². The molecule has 4 rings (SSSR count). The fourth-order valence-electron chi connectivity index (χ4n) is 3.21. The van der Waals surface area contributed by atoms with E-state index in [1.165, 1.54) is 0 Å². The van der Waals surface area contributed by atoms with Gasteiger partial charge in [-0.3, -0.25) is 9.78 Å². The first-order valence-corrected chi connectivity index (χ1v) is 8.63. The molecule has 0 bridgehead atoms. The smallest absolute Gasteiger partial charge is 0.256 e. The number of aromatic nitrogens is 3. The summed E-state index contributed by atoms with van der Waals surface area (Å²) in [7, 11) is 3.82. The first-order valence-electron chi connectivity index (χ1n) is 8.63. The zero-order chi connectivity index (χ0) is 18.1. The molecule has 1 aliphatic heterocycles. The quantitative estimate of drug-likeness (QED) is 0.781. The molecule has 1 fully saturated rings. The summed E-state index contributed by atoms with van der Waals surface area (Å²) < 4.78 is 5.95. The molecule has 3 heterocycles. The van der Waals surface area contributed by atoms with E-state index in [1.54, 1.807) is 18.6 Å². The molecule has 0 radical (unpaired) electrons. The number of carbonyl (C=O) groups is 1. The van der Waals surface area contributed by atoms with Crippen LogP contribution in [0.3, 0.4) is 0 Å². The average Bonchev–Trinajstić information content (AvgIpc) is 3.28. The predicted octanol–water partition coefficient (Wildman–Crippen LogP) is 2.32. The number of benzene rings is 1. The molecule has 7 nitrogen and oxygen atoms in total. The Bertz CT molecular complexity index is 936. The summed E-state index contributed by atoms with van der Waals surface area (Å²) in [6, 6.07) is 7.83. The Morgan fingerprint density at radius 3 is 3.00 bits per heavy atom. The van der Waals surface area contributed by atoms with Gasteiger partial charge in [0.25, 0.3) is 5.91 Å². The normalized spacial score (nSPS) is 16.8. The van der Waals surface area contributed by atoms with Crippen molar-refractivity contribution >= 4 is 22.6 Å². The third kappa shape index (κ3) is 3.08. The summed E-state index contributed by atoms with van der Waals surface area (Å²) in [6.45, 7) is 1.22. The Morgan fingerprint density at radius 1 is 1.31 bits per heavy atom. The second-order valence-corrected chi connectivity index (χ2v) is 6.64. The van der Waals surface area contributed by atoms with Crippen LogP contribution in [0.4, 0.5) is 5.82 Å². The molecule has 1 amide bonds. The van der Waals surface area contributed by atoms with Gasteiger partial charge < -0.3 is 19.5 Å². The monoisotopic (exact) mass is 351 g/mol. The summed E-state index contributed by atoms with van der Waals surface area (Å²) in [4.78, 5) is 28.3. The van der Waals surface area contributed by atoms with E-state index in [1.807, 2.05) is 48.2 Å². The number of ether oxygens (including phenoxy) is 1. The minimum absolute atomic E-state index is 0.0293. The lowest BCUT2D eigenvalue weighted by Crippen LogP contribution is -2.31. The van der Waals surface area contributed by atoms with Gasteiger partial charge in [0.05, 0.1) is 24.5 Å². The Balaban J connectivity index is 1.45. The minimum Gasteiger partial charge on any atom is -0.471 e. The lowest BCUT2D eigenvalue weighted by atomic mass is 10.1. The molecule has 0 spiro atoms. The van der Waals surface area contributed by atoms with E-state index in [0.717, 1.165) is 23.1 Å². The lowest BCUT2D eigenvalue weighted by Gasteiger charge is -2.17. The molecule has 3 aromatic rings. The van der Waals surface area contributed by atoms with E-state index in [0.29, 0.717) is 24.5 Å².